The van der Waals surface area contributed by atoms with Gasteiger partial charge in [-0.15, -0.1) is 0 Å². The number of carboxylic acids is 1. The first-order chi connectivity index (χ1) is 9.72. The first-order valence-corrected chi connectivity index (χ1v) is 6.76. The minimum atomic E-state index is -1.36. The van der Waals surface area contributed by atoms with Gasteiger partial charge < -0.3 is 10.4 Å². The quantitative estimate of drug-likeness (QED) is 0.645. The molecule has 2 N–H and O–H groups in total. The molecular formula is C13H12BrN3O4. The van der Waals surface area contributed by atoms with Gasteiger partial charge in [-0.25, -0.2) is 9.78 Å². The molecule has 7 nitrogen and oxygen atoms in total. The largest absolute Gasteiger partial charge is 0.480 e. The highest BCUT2D eigenvalue weighted by Gasteiger charge is 2.31. The Balaban J connectivity index is 2.72. The van der Waals surface area contributed by atoms with Crippen LogP contribution in [0.15, 0.2) is 28.9 Å². The van der Waals surface area contributed by atoms with Gasteiger partial charge in [0.25, 0.3) is 0 Å². The lowest BCUT2D eigenvalue weighted by molar-refractivity contribution is -0.384. The van der Waals surface area contributed by atoms with Crippen molar-refractivity contribution < 1.29 is 14.8 Å². The van der Waals surface area contributed by atoms with Crippen molar-refractivity contribution >= 4 is 44.2 Å². The average Bonchev–Trinajstić information content (AvgIpc) is 2.38. The molecule has 0 fully saturated rings. The summed E-state index contributed by atoms with van der Waals surface area (Å²) < 4.78 is 0.716. The zero-order chi connectivity index (χ0) is 15.8. The number of anilines is 1. The predicted octanol–water partition coefficient (Wildman–Crippen LogP) is 3.18. The third-order valence-electron chi connectivity index (χ3n) is 2.98. The van der Waals surface area contributed by atoms with Crippen LogP contribution in [0.2, 0.25) is 0 Å². The van der Waals surface area contributed by atoms with Crippen LogP contribution in [0.3, 0.4) is 0 Å². The lowest BCUT2D eigenvalue weighted by Gasteiger charge is -2.23. The number of hydrogen-bond donors (Lipinski definition) is 2. The van der Waals surface area contributed by atoms with Crippen LogP contribution in [-0.2, 0) is 4.79 Å². The molecule has 1 aromatic heterocycles. The van der Waals surface area contributed by atoms with Gasteiger partial charge in [-0.1, -0.05) is 15.9 Å². The van der Waals surface area contributed by atoms with E-state index in [2.05, 4.69) is 26.2 Å². The van der Waals surface area contributed by atoms with E-state index in [1.807, 2.05) is 0 Å². The number of carbonyl (C=O) groups is 1. The van der Waals surface area contributed by atoms with Crippen molar-refractivity contribution in [3.8, 4) is 0 Å². The topological polar surface area (TPSA) is 105 Å². The number of aromatic nitrogens is 1. The van der Waals surface area contributed by atoms with Crippen LogP contribution in [0.4, 0.5) is 11.4 Å². The van der Waals surface area contributed by atoms with Gasteiger partial charge in [0.2, 0.25) is 0 Å². The molecule has 0 spiro atoms. The summed E-state index contributed by atoms with van der Waals surface area (Å²) in [4.78, 5) is 25.9. The van der Waals surface area contributed by atoms with Crippen LogP contribution < -0.4 is 5.32 Å². The fourth-order valence-electron chi connectivity index (χ4n) is 1.79. The summed E-state index contributed by atoms with van der Waals surface area (Å²) in [5, 5.41) is 23.6. The van der Waals surface area contributed by atoms with E-state index in [4.69, 9.17) is 0 Å². The van der Waals surface area contributed by atoms with Crippen LogP contribution in [0, 0.1) is 10.1 Å². The standard InChI is InChI=1S/C13H12BrN3O4/c1-13(2,12(18)19)16-11-8-5-7(14)3-4-9(8)15-6-10(11)17(20)21/h3-6H,1-2H3,(H,15,16)(H,18,19). The Labute approximate surface area is 128 Å². The number of hydrogen-bond acceptors (Lipinski definition) is 5. The molecular weight excluding hydrogens is 342 g/mol. The number of nitrogens with zero attached hydrogens (tertiary/aromatic N) is 2. The van der Waals surface area contributed by atoms with Gasteiger partial charge in [0.15, 0.2) is 0 Å². The number of fused-ring (bicyclic) bond motifs is 1. The molecule has 0 bridgehead atoms. The molecule has 2 rings (SSSR count). The van der Waals surface area contributed by atoms with E-state index in [1.54, 1.807) is 18.2 Å². The number of carboxylic acid groups (broad SMARTS) is 1. The zero-order valence-corrected chi connectivity index (χ0v) is 12.8. The highest BCUT2D eigenvalue weighted by Crippen LogP contribution is 2.35. The number of aliphatic carboxylic acids is 1. The molecule has 0 saturated heterocycles. The van der Waals surface area contributed by atoms with E-state index in [-0.39, 0.29) is 11.4 Å². The molecule has 0 aliphatic carbocycles. The molecule has 0 aliphatic heterocycles. The van der Waals surface area contributed by atoms with E-state index >= 15 is 0 Å². The molecule has 0 atom stereocenters. The predicted molar refractivity (Wildman–Crippen MR) is 81.4 cm³/mol. The fraction of sp³-hybridized carbons (Fsp3) is 0.231. The maximum atomic E-state index is 11.3. The molecule has 110 valence electrons. The molecule has 0 radical (unpaired) electrons. The van der Waals surface area contributed by atoms with Crippen LogP contribution >= 0.6 is 15.9 Å². The molecule has 1 aromatic carbocycles. The van der Waals surface area contributed by atoms with Crippen molar-refractivity contribution in [1.82, 2.24) is 4.98 Å². The van der Waals surface area contributed by atoms with Gasteiger partial charge in [-0.3, -0.25) is 10.1 Å². The number of benzene rings is 1. The summed E-state index contributed by atoms with van der Waals surface area (Å²) in [5.74, 6) is -1.11. The van der Waals surface area contributed by atoms with E-state index < -0.39 is 16.4 Å². The van der Waals surface area contributed by atoms with E-state index in [9.17, 15) is 20.0 Å². The Morgan fingerprint density at radius 2 is 2.14 bits per heavy atom. The second-order valence-electron chi connectivity index (χ2n) is 4.99. The average molecular weight is 354 g/mol. The van der Waals surface area contributed by atoms with Crippen LogP contribution in [0.1, 0.15) is 13.8 Å². The van der Waals surface area contributed by atoms with Crippen molar-refractivity contribution in [2.75, 3.05) is 5.32 Å². The number of rotatable bonds is 4. The first kappa shape index (κ1) is 15.2. The monoisotopic (exact) mass is 353 g/mol. The van der Waals surface area contributed by atoms with Gasteiger partial charge in [0.05, 0.1) is 10.4 Å². The molecule has 2 aromatic rings. The SMILES string of the molecule is CC(C)(Nc1c([N+](=O)[O-])cnc2ccc(Br)cc12)C(=O)O. The van der Waals surface area contributed by atoms with Crippen molar-refractivity contribution in [3.05, 3.63) is 39.0 Å². The Bertz CT molecular complexity index is 746. The lowest BCUT2D eigenvalue weighted by Crippen LogP contribution is -2.40. The fourth-order valence-corrected chi connectivity index (χ4v) is 2.15. The normalized spacial score (nSPS) is 11.4. The van der Waals surface area contributed by atoms with Crippen molar-refractivity contribution in [3.63, 3.8) is 0 Å². The number of nitro groups is 1. The van der Waals surface area contributed by atoms with Gasteiger partial charge in [-0.05, 0) is 32.0 Å². The first-order valence-electron chi connectivity index (χ1n) is 5.96. The second-order valence-corrected chi connectivity index (χ2v) is 5.91. The molecule has 0 saturated carbocycles. The summed E-state index contributed by atoms with van der Waals surface area (Å²) in [6, 6.07) is 5.12. The minimum absolute atomic E-state index is 0.138. The summed E-state index contributed by atoms with van der Waals surface area (Å²) in [7, 11) is 0. The summed E-state index contributed by atoms with van der Waals surface area (Å²) >= 11 is 3.30. The Morgan fingerprint density at radius 3 is 2.71 bits per heavy atom. The molecule has 0 amide bonds. The zero-order valence-electron chi connectivity index (χ0n) is 11.3. The third kappa shape index (κ3) is 2.94. The van der Waals surface area contributed by atoms with E-state index in [0.29, 0.717) is 15.4 Å². The highest BCUT2D eigenvalue weighted by molar-refractivity contribution is 9.10. The summed E-state index contributed by atoms with van der Waals surface area (Å²) in [5.41, 5.74) is -0.956. The Morgan fingerprint density at radius 1 is 1.48 bits per heavy atom. The van der Waals surface area contributed by atoms with Gasteiger partial charge in [-0.2, -0.15) is 0 Å². The third-order valence-corrected chi connectivity index (χ3v) is 3.47. The summed E-state index contributed by atoms with van der Waals surface area (Å²) in [6.45, 7) is 2.87. The van der Waals surface area contributed by atoms with Crippen molar-refractivity contribution in [2.24, 2.45) is 0 Å². The van der Waals surface area contributed by atoms with Crippen molar-refractivity contribution in [1.29, 1.82) is 0 Å². The van der Waals surface area contributed by atoms with Crippen LogP contribution in [0.25, 0.3) is 10.9 Å². The molecule has 0 aliphatic rings. The van der Waals surface area contributed by atoms with Gasteiger partial charge in [0, 0.05) is 9.86 Å². The van der Waals surface area contributed by atoms with Gasteiger partial charge >= 0.3 is 11.7 Å². The Hall–Kier alpha value is -2.22. The highest BCUT2D eigenvalue weighted by atomic mass is 79.9. The number of halogens is 1. The van der Waals surface area contributed by atoms with Gasteiger partial charge in [0.1, 0.15) is 17.4 Å². The number of pyridine rings is 1. The maximum absolute atomic E-state index is 11.3. The lowest BCUT2D eigenvalue weighted by atomic mass is 10.0. The minimum Gasteiger partial charge on any atom is -0.480 e. The molecule has 1 heterocycles. The van der Waals surface area contributed by atoms with E-state index in [1.165, 1.54) is 13.8 Å². The molecule has 21 heavy (non-hydrogen) atoms. The van der Waals surface area contributed by atoms with Crippen LogP contribution in [0.5, 0.6) is 0 Å². The van der Waals surface area contributed by atoms with Crippen molar-refractivity contribution in [2.45, 2.75) is 19.4 Å². The van der Waals surface area contributed by atoms with E-state index in [0.717, 1.165) is 6.20 Å². The molecule has 0 unspecified atom stereocenters. The maximum Gasteiger partial charge on any atom is 0.328 e. The smallest absolute Gasteiger partial charge is 0.328 e. The Kier molecular flexibility index (Phi) is 3.82. The van der Waals surface area contributed by atoms with Crippen LogP contribution in [-0.4, -0.2) is 26.5 Å². The number of nitrogens with one attached hydrogen (secondary N) is 1. The second kappa shape index (κ2) is 5.28. The molecule has 8 heteroatoms. The summed E-state index contributed by atoms with van der Waals surface area (Å²) in [6.07, 6.45) is 1.12.